The number of likely N-dealkylation sites (N-methyl/N-ethyl adjacent to an activating group) is 1. The Morgan fingerprint density at radius 1 is 0.963 bits per heavy atom. The van der Waals surface area contributed by atoms with Gasteiger partial charge in [-0.15, -0.1) is 0 Å². The van der Waals surface area contributed by atoms with Crippen LogP contribution in [-0.2, 0) is 11.3 Å². The van der Waals surface area contributed by atoms with Crippen molar-refractivity contribution in [3.05, 3.63) is 96.1 Å². The molecule has 0 aromatic heterocycles. The number of ether oxygens (including phenoxy) is 1. The molecule has 0 heterocycles. The maximum Gasteiger partial charge on any atom is 0.246 e. The van der Waals surface area contributed by atoms with E-state index in [1.807, 2.05) is 79.8 Å². The molecule has 1 N–H and O–H groups in total. The van der Waals surface area contributed by atoms with E-state index in [0.29, 0.717) is 18.0 Å². The molecule has 3 aromatic rings. The summed E-state index contributed by atoms with van der Waals surface area (Å²) in [5.41, 5.74) is 2.83. The third-order valence-corrected chi connectivity index (χ3v) is 4.42. The van der Waals surface area contributed by atoms with Crippen LogP contribution in [0.5, 0.6) is 5.75 Å². The van der Waals surface area contributed by atoms with E-state index < -0.39 is 6.04 Å². The summed E-state index contributed by atoms with van der Waals surface area (Å²) >= 11 is 0. The first-order valence-corrected chi connectivity index (χ1v) is 8.91. The zero-order valence-corrected chi connectivity index (χ0v) is 15.6. The highest BCUT2D eigenvalue weighted by molar-refractivity contribution is 5.95. The third kappa shape index (κ3) is 4.96. The van der Waals surface area contributed by atoms with E-state index in [1.165, 1.54) is 0 Å². The summed E-state index contributed by atoms with van der Waals surface area (Å²) in [5, 5.41) is 3.02. The number of benzene rings is 3. The highest BCUT2D eigenvalue weighted by Gasteiger charge is 2.25. The Bertz CT molecular complexity index is 866. The zero-order chi connectivity index (χ0) is 19.1. The van der Waals surface area contributed by atoms with Crippen molar-refractivity contribution in [1.82, 2.24) is 4.90 Å². The molecular formula is C23H24N2O2. The van der Waals surface area contributed by atoms with Crippen LogP contribution in [0.4, 0.5) is 5.69 Å². The van der Waals surface area contributed by atoms with E-state index in [0.717, 1.165) is 11.1 Å². The quantitative estimate of drug-likeness (QED) is 0.674. The van der Waals surface area contributed by atoms with Crippen LogP contribution in [0.2, 0.25) is 0 Å². The molecule has 1 amide bonds. The molecule has 0 radical (unpaired) electrons. The predicted octanol–water partition coefficient (Wildman–Crippen LogP) is 4.51. The summed E-state index contributed by atoms with van der Waals surface area (Å²) in [6.07, 6.45) is 0. The Kier molecular flexibility index (Phi) is 6.23. The maximum absolute atomic E-state index is 13.2. The highest BCUT2D eigenvalue weighted by Crippen LogP contribution is 2.24. The smallest absolute Gasteiger partial charge is 0.246 e. The molecule has 0 fully saturated rings. The van der Waals surface area contributed by atoms with Crippen molar-refractivity contribution >= 4 is 11.6 Å². The van der Waals surface area contributed by atoms with E-state index in [9.17, 15) is 4.79 Å². The van der Waals surface area contributed by atoms with Crippen molar-refractivity contribution in [2.24, 2.45) is 0 Å². The molecule has 4 nitrogen and oxygen atoms in total. The van der Waals surface area contributed by atoms with Gasteiger partial charge in [-0.05, 0) is 30.3 Å². The molecule has 0 bridgehead atoms. The van der Waals surface area contributed by atoms with E-state index in [4.69, 9.17) is 4.74 Å². The lowest BCUT2D eigenvalue weighted by atomic mass is 10.0. The van der Waals surface area contributed by atoms with Crippen LogP contribution in [0.15, 0.2) is 84.9 Å². The lowest BCUT2D eigenvalue weighted by Gasteiger charge is -2.27. The van der Waals surface area contributed by atoms with Crippen molar-refractivity contribution in [1.29, 1.82) is 0 Å². The Balaban J connectivity index is 1.84. The molecule has 0 aliphatic carbocycles. The average molecular weight is 360 g/mol. The van der Waals surface area contributed by atoms with Crippen LogP contribution in [0.3, 0.4) is 0 Å². The number of nitrogens with one attached hydrogen (secondary N) is 1. The summed E-state index contributed by atoms with van der Waals surface area (Å²) in [5.74, 6) is 0.634. The topological polar surface area (TPSA) is 41.6 Å². The fourth-order valence-electron chi connectivity index (χ4n) is 3.12. The van der Waals surface area contributed by atoms with Gasteiger partial charge in [0, 0.05) is 18.3 Å². The number of anilines is 1. The molecule has 0 saturated heterocycles. The van der Waals surface area contributed by atoms with Gasteiger partial charge in [0.05, 0.1) is 7.11 Å². The van der Waals surface area contributed by atoms with Crippen LogP contribution in [0.25, 0.3) is 0 Å². The van der Waals surface area contributed by atoms with Crippen LogP contribution in [0, 0.1) is 0 Å². The fraction of sp³-hybridized carbons (Fsp3) is 0.174. The number of nitrogens with zero attached hydrogens (tertiary/aromatic N) is 1. The lowest BCUT2D eigenvalue weighted by molar-refractivity contribution is -0.121. The van der Waals surface area contributed by atoms with E-state index in [-0.39, 0.29) is 5.91 Å². The van der Waals surface area contributed by atoms with Crippen LogP contribution < -0.4 is 10.1 Å². The van der Waals surface area contributed by atoms with Crippen LogP contribution >= 0.6 is 0 Å². The van der Waals surface area contributed by atoms with Gasteiger partial charge in [-0.25, -0.2) is 0 Å². The average Bonchev–Trinajstić information content (AvgIpc) is 2.70. The first kappa shape index (κ1) is 18.7. The molecule has 1 unspecified atom stereocenters. The Morgan fingerprint density at radius 3 is 2.30 bits per heavy atom. The maximum atomic E-state index is 13.2. The zero-order valence-electron chi connectivity index (χ0n) is 15.6. The Hall–Kier alpha value is -3.11. The monoisotopic (exact) mass is 360 g/mol. The Morgan fingerprint density at radius 2 is 1.63 bits per heavy atom. The molecule has 27 heavy (non-hydrogen) atoms. The summed E-state index contributed by atoms with van der Waals surface area (Å²) in [6, 6.07) is 27.0. The number of carbonyl (C=O) groups is 1. The van der Waals surface area contributed by atoms with Gasteiger partial charge in [-0.3, -0.25) is 9.69 Å². The van der Waals surface area contributed by atoms with Crippen LogP contribution in [-0.4, -0.2) is 25.0 Å². The van der Waals surface area contributed by atoms with Gasteiger partial charge >= 0.3 is 0 Å². The SMILES string of the molecule is COc1cccc(NC(=O)C(c2ccccc2)N(C)Cc2ccccc2)c1. The minimum absolute atomic E-state index is 0.0760. The summed E-state index contributed by atoms with van der Waals surface area (Å²) in [7, 11) is 3.58. The molecule has 0 saturated carbocycles. The number of methoxy groups -OCH3 is 1. The fourth-order valence-corrected chi connectivity index (χ4v) is 3.12. The summed E-state index contributed by atoms with van der Waals surface area (Å²) in [4.78, 5) is 15.2. The van der Waals surface area contributed by atoms with E-state index in [1.54, 1.807) is 7.11 Å². The number of carbonyl (C=O) groups excluding carboxylic acids is 1. The standard InChI is InChI=1S/C23H24N2O2/c1-25(17-18-10-5-3-6-11-18)22(19-12-7-4-8-13-19)23(26)24-20-14-9-15-21(16-20)27-2/h3-16,22H,17H2,1-2H3,(H,24,26). The minimum Gasteiger partial charge on any atom is -0.497 e. The summed E-state index contributed by atoms with van der Waals surface area (Å²) < 4.78 is 5.25. The van der Waals surface area contributed by atoms with Gasteiger partial charge in [0.25, 0.3) is 0 Å². The van der Waals surface area contributed by atoms with Crippen molar-refractivity contribution in [3.8, 4) is 5.75 Å². The molecule has 3 rings (SSSR count). The van der Waals surface area contributed by atoms with E-state index >= 15 is 0 Å². The summed E-state index contributed by atoms with van der Waals surface area (Å²) in [6.45, 7) is 0.673. The molecule has 4 heteroatoms. The first-order chi connectivity index (χ1) is 13.2. The van der Waals surface area contributed by atoms with Crippen LogP contribution in [0.1, 0.15) is 17.2 Å². The van der Waals surface area contributed by atoms with Gasteiger partial charge in [0.1, 0.15) is 11.8 Å². The first-order valence-electron chi connectivity index (χ1n) is 8.91. The molecule has 0 spiro atoms. The molecular weight excluding hydrogens is 336 g/mol. The van der Waals surface area contributed by atoms with Crippen molar-refractivity contribution in [2.45, 2.75) is 12.6 Å². The van der Waals surface area contributed by atoms with Gasteiger partial charge < -0.3 is 10.1 Å². The number of hydrogen-bond acceptors (Lipinski definition) is 3. The number of rotatable bonds is 7. The second kappa shape index (κ2) is 9.01. The normalized spacial score (nSPS) is 11.8. The van der Waals surface area contributed by atoms with E-state index in [2.05, 4.69) is 22.3 Å². The third-order valence-electron chi connectivity index (χ3n) is 4.42. The lowest BCUT2D eigenvalue weighted by Crippen LogP contribution is -2.34. The Labute approximate surface area is 160 Å². The van der Waals surface area contributed by atoms with Crippen molar-refractivity contribution < 1.29 is 9.53 Å². The molecule has 1 atom stereocenters. The highest BCUT2D eigenvalue weighted by atomic mass is 16.5. The second-order valence-electron chi connectivity index (χ2n) is 6.44. The largest absolute Gasteiger partial charge is 0.497 e. The van der Waals surface area contributed by atoms with Crippen molar-refractivity contribution in [2.75, 3.05) is 19.5 Å². The number of amides is 1. The van der Waals surface area contributed by atoms with Gasteiger partial charge in [-0.1, -0.05) is 66.7 Å². The molecule has 0 aliphatic rings. The van der Waals surface area contributed by atoms with Gasteiger partial charge in [0.15, 0.2) is 0 Å². The predicted molar refractivity (Wildman–Crippen MR) is 109 cm³/mol. The van der Waals surface area contributed by atoms with Gasteiger partial charge in [0.2, 0.25) is 5.91 Å². The minimum atomic E-state index is -0.405. The molecule has 3 aromatic carbocycles. The molecule has 0 aliphatic heterocycles. The molecule has 138 valence electrons. The number of hydrogen-bond donors (Lipinski definition) is 1. The van der Waals surface area contributed by atoms with Crippen molar-refractivity contribution in [3.63, 3.8) is 0 Å². The van der Waals surface area contributed by atoms with Gasteiger partial charge in [-0.2, -0.15) is 0 Å². The second-order valence-corrected chi connectivity index (χ2v) is 6.44.